The normalized spacial score (nSPS) is 14.9. The fraction of sp³-hybridized carbons (Fsp3) is 0.350. The molecule has 138 valence electrons. The Balaban J connectivity index is 1.47. The van der Waals surface area contributed by atoms with Gasteiger partial charge < -0.3 is 19.7 Å². The lowest BCUT2D eigenvalue weighted by molar-refractivity contribution is 0.109. The van der Waals surface area contributed by atoms with Gasteiger partial charge in [-0.1, -0.05) is 18.2 Å². The van der Waals surface area contributed by atoms with Crippen molar-refractivity contribution in [3.05, 3.63) is 54.6 Å². The molecular weight excluding hydrogens is 330 g/mol. The van der Waals surface area contributed by atoms with E-state index in [2.05, 4.69) is 10.2 Å². The van der Waals surface area contributed by atoms with Crippen LogP contribution in [0.5, 0.6) is 11.5 Å². The van der Waals surface area contributed by atoms with Gasteiger partial charge in [-0.2, -0.15) is 0 Å². The van der Waals surface area contributed by atoms with Crippen LogP contribution in [0.2, 0.25) is 0 Å². The van der Waals surface area contributed by atoms with Crippen LogP contribution in [0.3, 0.4) is 0 Å². The molecule has 0 bridgehead atoms. The SMILES string of the molecule is COCCN1CCN(C(=O)Nc2ccc(Oc3ccccc3)cc2)CC1. The van der Waals surface area contributed by atoms with E-state index in [0.717, 1.165) is 56.5 Å². The van der Waals surface area contributed by atoms with Crippen molar-refractivity contribution < 1.29 is 14.3 Å². The van der Waals surface area contributed by atoms with Crippen LogP contribution in [-0.4, -0.2) is 62.3 Å². The Morgan fingerprint density at radius 1 is 0.962 bits per heavy atom. The first-order valence-corrected chi connectivity index (χ1v) is 8.85. The zero-order chi connectivity index (χ0) is 18.2. The molecular formula is C20H25N3O3. The van der Waals surface area contributed by atoms with Crippen molar-refractivity contribution >= 4 is 11.7 Å². The number of piperazine rings is 1. The number of urea groups is 1. The zero-order valence-corrected chi connectivity index (χ0v) is 15.1. The average molecular weight is 355 g/mol. The number of anilines is 1. The first-order valence-electron chi connectivity index (χ1n) is 8.85. The van der Waals surface area contributed by atoms with Gasteiger partial charge in [-0.05, 0) is 36.4 Å². The highest BCUT2D eigenvalue weighted by Gasteiger charge is 2.20. The van der Waals surface area contributed by atoms with Gasteiger partial charge in [0.1, 0.15) is 11.5 Å². The highest BCUT2D eigenvalue weighted by Crippen LogP contribution is 2.22. The zero-order valence-electron chi connectivity index (χ0n) is 15.1. The molecule has 1 fully saturated rings. The monoisotopic (exact) mass is 355 g/mol. The molecule has 0 unspecified atom stereocenters. The molecule has 1 saturated heterocycles. The van der Waals surface area contributed by atoms with Crippen LogP contribution in [-0.2, 0) is 4.74 Å². The number of nitrogens with one attached hydrogen (secondary N) is 1. The number of benzene rings is 2. The molecule has 0 saturated carbocycles. The first kappa shape index (κ1) is 18.2. The largest absolute Gasteiger partial charge is 0.457 e. The van der Waals surface area contributed by atoms with Gasteiger partial charge in [-0.25, -0.2) is 4.79 Å². The summed E-state index contributed by atoms with van der Waals surface area (Å²) in [7, 11) is 1.71. The van der Waals surface area contributed by atoms with Crippen molar-refractivity contribution in [2.45, 2.75) is 0 Å². The van der Waals surface area contributed by atoms with Gasteiger partial charge in [0.25, 0.3) is 0 Å². The Kier molecular flexibility index (Phi) is 6.46. The molecule has 26 heavy (non-hydrogen) atoms. The topological polar surface area (TPSA) is 54.0 Å². The summed E-state index contributed by atoms with van der Waals surface area (Å²) in [5.74, 6) is 1.52. The molecule has 0 atom stereocenters. The van der Waals surface area contributed by atoms with E-state index < -0.39 is 0 Å². The third kappa shape index (κ3) is 5.21. The number of methoxy groups -OCH3 is 1. The lowest BCUT2D eigenvalue weighted by atomic mass is 10.3. The lowest BCUT2D eigenvalue weighted by Crippen LogP contribution is -2.50. The van der Waals surface area contributed by atoms with Crippen LogP contribution in [0.4, 0.5) is 10.5 Å². The third-order valence-electron chi connectivity index (χ3n) is 4.36. The summed E-state index contributed by atoms with van der Waals surface area (Å²) in [6.45, 7) is 4.84. The van der Waals surface area contributed by atoms with Gasteiger partial charge in [-0.3, -0.25) is 4.90 Å². The van der Waals surface area contributed by atoms with Gasteiger partial charge in [0.15, 0.2) is 0 Å². The Hall–Kier alpha value is -2.57. The van der Waals surface area contributed by atoms with Crippen LogP contribution < -0.4 is 10.1 Å². The van der Waals surface area contributed by atoms with E-state index in [9.17, 15) is 4.79 Å². The number of carbonyl (C=O) groups is 1. The maximum atomic E-state index is 12.4. The molecule has 0 aliphatic carbocycles. The fourth-order valence-corrected chi connectivity index (χ4v) is 2.83. The van der Waals surface area contributed by atoms with E-state index in [-0.39, 0.29) is 6.03 Å². The minimum absolute atomic E-state index is 0.0619. The Bertz CT molecular complexity index is 683. The number of ether oxygens (including phenoxy) is 2. The molecule has 2 amide bonds. The van der Waals surface area contributed by atoms with Gasteiger partial charge in [0.2, 0.25) is 0 Å². The summed E-state index contributed by atoms with van der Waals surface area (Å²) in [6, 6.07) is 17.0. The molecule has 1 N–H and O–H groups in total. The average Bonchev–Trinajstić information content (AvgIpc) is 2.69. The van der Waals surface area contributed by atoms with E-state index in [0.29, 0.717) is 0 Å². The van der Waals surface area contributed by atoms with Crippen LogP contribution in [0.25, 0.3) is 0 Å². The standard InChI is InChI=1S/C20H25N3O3/c1-25-16-15-22-11-13-23(14-12-22)20(24)21-17-7-9-19(10-8-17)26-18-5-3-2-4-6-18/h2-10H,11-16H2,1H3,(H,21,24). The van der Waals surface area contributed by atoms with Crippen molar-refractivity contribution in [2.75, 3.05) is 51.8 Å². The van der Waals surface area contributed by atoms with Crippen LogP contribution >= 0.6 is 0 Å². The Morgan fingerprint density at radius 2 is 1.62 bits per heavy atom. The Labute approximate surface area is 154 Å². The van der Waals surface area contributed by atoms with Crippen molar-refractivity contribution in [1.29, 1.82) is 0 Å². The second-order valence-electron chi connectivity index (χ2n) is 6.19. The maximum absolute atomic E-state index is 12.4. The number of para-hydroxylation sites is 1. The number of rotatable bonds is 6. The Morgan fingerprint density at radius 3 is 2.27 bits per heavy atom. The smallest absolute Gasteiger partial charge is 0.321 e. The predicted molar refractivity (Wildman–Crippen MR) is 102 cm³/mol. The van der Waals surface area contributed by atoms with E-state index in [1.54, 1.807) is 7.11 Å². The molecule has 6 nitrogen and oxygen atoms in total. The molecule has 1 heterocycles. The molecule has 1 aliphatic rings. The summed E-state index contributed by atoms with van der Waals surface area (Å²) in [6.07, 6.45) is 0. The van der Waals surface area contributed by atoms with E-state index >= 15 is 0 Å². The number of nitrogens with zero attached hydrogens (tertiary/aromatic N) is 2. The second kappa shape index (κ2) is 9.22. The highest BCUT2D eigenvalue weighted by atomic mass is 16.5. The first-order chi connectivity index (χ1) is 12.7. The second-order valence-corrected chi connectivity index (χ2v) is 6.19. The minimum Gasteiger partial charge on any atom is -0.457 e. The van der Waals surface area contributed by atoms with Crippen LogP contribution in [0.15, 0.2) is 54.6 Å². The fourth-order valence-electron chi connectivity index (χ4n) is 2.83. The van der Waals surface area contributed by atoms with Crippen LogP contribution in [0, 0.1) is 0 Å². The van der Waals surface area contributed by atoms with Crippen molar-refractivity contribution in [2.24, 2.45) is 0 Å². The van der Waals surface area contributed by atoms with Crippen molar-refractivity contribution in [1.82, 2.24) is 9.80 Å². The van der Waals surface area contributed by atoms with Gasteiger partial charge in [0, 0.05) is 45.5 Å². The number of hydrogen-bond donors (Lipinski definition) is 1. The molecule has 2 aromatic carbocycles. The van der Waals surface area contributed by atoms with Gasteiger partial charge >= 0.3 is 6.03 Å². The highest BCUT2D eigenvalue weighted by molar-refractivity contribution is 5.89. The van der Waals surface area contributed by atoms with Gasteiger partial charge in [-0.15, -0.1) is 0 Å². The van der Waals surface area contributed by atoms with Crippen molar-refractivity contribution in [3.63, 3.8) is 0 Å². The number of carbonyl (C=O) groups excluding carboxylic acids is 1. The third-order valence-corrected chi connectivity index (χ3v) is 4.36. The predicted octanol–water partition coefficient (Wildman–Crippen LogP) is 3.27. The summed E-state index contributed by atoms with van der Waals surface area (Å²) in [4.78, 5) is 16.6. The van der Waals surface area contributed by atoms with E-state index in [1.165, 1.54) is 0 Å². The summed E-state index contributed by atoms with van der Waals surface area (Å²) in [5, 5.41) is 2.95. The molecule has 2 aromatic rings. The van der Waals surface area contributed by atoms with Crippen LogP contribution in [0.1, 0.15) is 0 Å². The van der Waals surface area contributed by atoms with E-state index in [1.807, 2.05) is 59.5 Å². The number of hydrogen-bond acceptors (Lipinski definition) is 4. The molecule has 0 spiro atoms. The molecule has 3 rings (SSSR count). The summed E-state index contributed by atoms with van der Waals surface area (Å²) >= 11 is 0. The summed E-state index contributed by atoms with van der Waals surface area (Å²) in [5.41, 5.74) is 0.761. The maximum Gasteiger partial charge on any atom is 0.321 e. The molecule has 6 heteroatoms. The molecule has 0 aromatic heterocycles. The number of amides is 2. The summed E-state index contributed by atoms with van der Waals surface area (Å²) < 4.78 is 10.9. The van der Waals surface area contributed by atoms with Gasteiger partial charge in [0.05, 0.1) is 6.61 Å². The minimum atomic E-state index is -0.0619. The lowest BCUT2D eigenvalue weighted by Gasteiger charge is -2.34. The van der Waals surface area contributed by atoms with Crippen molar-refractivity contribution in [3.8, 4) is 11.5 Å². The quantitative estimate of drug-likeness (QED) is 0.864. The molecule has 1 aliphatic heterocycles. The molecule has 0 radical (unpaired) electrons. The van der Waals surface area contributed by atoms with E-state index in [4.69, 9.17) is 9.47 Å².